The molecular formula is C27H23Cl2N3O4. The zero-order valence-corrected chi connectivity index (χ0v) is 20.9. The second-order valence-electron chi connectivity index (χ2n) is 7.58. The molecule has 3 aromatic carbocycles. The number of carbonyl (C=O) groups excluding carboxylic acids is 1. The van der Waals surface area contributed by atoms with Gasteiger partial charge >= 0.3 is 0 Å². The predicted octanol–water partition coefficient (Wildman–Crippen LogP) is 6.05. The van der Waals surface area contributed by atoms with E-state index >= 15 is 0 Å². The van der Waals surface area contributed by atoms with Crippen LogP contribution in [-0.4, -0.2) is 30.3 Å². The van der Waals surface area contributed by atoms with E-state index in [2.05, 4.69) is 15.5 Å². The molecule has 1 N–H and O–H groups in total. The van der Waals surface area contributed by atoms with Crippen molar-refractivity contribution < 1.29 is 19.0 Å². The van der Waals surface area contributed by atoms with Crippen LogP contribution in [0.1, 0.15) is 18.1 Å². The van der Waals surface area contributed by atoms with Crippen molar-refractivity contribution in [3.63, 3.8) is 0 Å². The first kappa shape index (κ1) is 25.3. The molecule has 184 valence electrons. The van der Waals surface area contributed by atoms with E-state index in [1.165, 1.54) is 6.21 Å². The average Bonchev–Trinajstić information content (AvgIpc) is 2.88. The molecule has 1 aromatic heterocycles. The molecule has 0 bridgehead atoms. The number of aromatic nitrogens is 1. The van der Waals surface area contributed by atoms with Crippen molar-refractivity contribution in [1.29, 1.82) is 0 Å². The average molecular weight is 524 g/mol. The molecule has 0 saturated heterocycles. The first-order valence-corrected chi connectivity index (χ1v) is 11.9. The fourth-order valence-electron chi connectivity index (χ4n) is 3.33. The van der Waals surface area contributed by atoms with Gasteiger partial charge in [-0.2, -0.15) is 5.10 Å². The van der Waals surface area contributed by atoms with E-state index in [0.717, 1.165) is 16.5 Å². The smallest absolute Gasteiger partial charge is 0.277 e. The van der Waals surface area contributed by atoms with Crippen molar-refractivity contribution in [2.75, 3.05) is 13.2 Å². The van der Waals surface area contributed by atoms with Crippen molar-refractivity contribution >= 4 is 46.2 Å². The van der Waals surface area contributed by atoms with Gasteiger partial charge in [-0.15, -0.1) is 0 Å². The largest absolute Gasteiger partial charge is 0.490 e. The van der Waals surface area contributed by atoms with E-state index in [0.29, 0.717) is 39.4 Å². The minimum atomic E-state index is -0.399. The molecule has 4 aromatic rings. The van der Waals surface area contributed by atoms with Gasteiger partial charge in [0, 0.05) is 27.2 Å². The van der Waals surface area contributed by atoms with Gasteiger partial charge < -0.3 is 14.2 Å². The van der Waals surface area contributed by atoms with Crippen LogP contribution in [-0.2, 0) is 11.4 Å². The topological polar surface area (TPSA) is 82.0 Å². The van der Waals surface area contributed by atoms with Crippen molar-refractivity contribution in [2.24, 2.45) is 5.10 Å². The third kappa shape index (κ3) is 6.65. The SMILES string of the molecule is CCOc1cc(/C=N/NC(=O)COc2cccc3cccnc23)ccc1OCc1ccc(Cl)cc1Cl. The Bertz CT molecular complexity index is 1390. The molecule has 0 aliphatic heterocycles. The van der Waals surface area contributed by atoms with E-state index in [1.54, 1.807) is 42.6 Å². The summed E-state index contributed by atoms with van der Waals surface area (Å²) in [6.45, 7) is 2.39. The summed E-state index contributed by atoms with van der Waals surface area (Å²) < 4.78 is 17.2. The molecular weight excluding hydrogens is 501 g/mol. The molecule has 0 radical (unpaired) electrons. The predicted molar refractivity (Wildman–Crippen MR) is 141 cm³/mol. The standard InChI is InChI=1S/C27H23Cl2N3O4/c1-2-34-25-13-18(8-11-23(25)35-16-20-9-10-21(28)14-22(20)29)15-31-32-26(33)17-36-24-7-3-5-19-6-4-12-30-27(19)24/h3-15H,2,16-17H2,1H3,(H,32,33)/b31-15+. The number of nitrogens with one attached hydrogen (secondary N) is 1. The summed E-state index contributed by atoms with van der Waals surface area (Å²) in [5, 5.41) is 6.04. The fraction of sp³-hybridized carbons (Fsp3) is 0.148. The normalized spacial score (nSPS) is 11.0. The molecule has 7 nitrogen and oxygen atoms in total. The lowest BCUT2D eigenvalue weighted by Crippen LogP contribution is -2.24. The van der Waals surface area contributed by atoms with Gasteiger partial charge in [0.2, 0.25) is 0 Å². The van der Waals surface area contributed by atoms with Gasteiger partial charge in [0.25, 0.3) is 5.91 Å². The van der Waals surface area contributed by atoms with Crippen molar-refractivity contribution in [1.82, 2.24) is 10.4 Å². The van der Waals surface area contributed by atoms with Gasteiger partial charge in [0.05, 0.1) is 12.8 Å². The summed E-state index contributed by atoms with van der Waals surface area (Å²) in [5.41, 5.74) is 4.68. The van der Waals surface area contributed by atoms with Crippen LogP contribution < -0.4 is 19.6 Å². The monoisotopic (exact) mass is 523 g/mol. The molecule has 1 heterocycles. The zero-order chi connectivity index (χ0) is 25.3. The number of hydrazone groups is 1. The Morgan fingerprint density at radius 2 is 1.83 bits per heavy atom. The van der Waals surface area contributed by atoms with Gasteiger partial charge in [-0.1, -0.05) is 47.5 Å². The van der Waals surface area contributed by atoms with E-state index in [4.69, 9.17) is 37.4 Å². The Labute approximate surface area is 218 Å². The molecule has 0 fully saturated rings. The molecule has 0 saturated carbocycles. The van der Waals surface area contributed by atoms with E-state index in [-0.39, 0.29) is 13.2 Å². The summed E-state index contributed by atoms with van der Waals surface area (Å²) in [5.74, 6) is 1.24. The van der Waals surface area contributed by atoms with Gasteiger partial charge in [0.1, 0.15) is 17.9 Å². The number of hydrogen-bond donors (Lipinski definition) is 1. The van der Waals surface area contributed by atoms with Crippen molar-refractivity contribution in [3.8, 4) is 17.2 Å². The maximum absolute atomic E-state index is 12.2. The minimum absolute atomic E-state index is 0.197. The fourth-order valence-corrected chi connectivity index (χ4v) is 3.80. The third-order valence-corrected chi connectivity index (χ3v) is 5.61. The number of nitrogens with zero attached hydrogens (tertiary/aromatic N) is 2. The third-order valence-electron chi connectivity index (χ3n) is 5.02. The maximum atomic E-state index is 12.2. The van der Waals surface area contributed by atoms with Crippen LogP contribution in [0.25, 0.3) is 10.9 Å². The van der Waals surface area contributed by atoms with Crippen LogP contribution in [0, 0.1) is 0 Å². The second kappa shape index (κ2) is 12.2. The summed E-state index contributed by atoms with van der Waals surface area (Å²) >= 11 is 12.2. The number of rotatable bonds is 10. The molecule has 1 amide bonds. The number of pyridine rings is 1. The van der Waals surface area contributed by atoms with E-state index < -0.39 is 5.91 Å². The number of fused-ring (bicyclic) bond motifs is 1. The van der Waals surface area contributed by atoms with Crippen LogP contribution in [0.3, 0.4) is 0 Å². The lowest BCUT2D eigenvalue weighted by atomic mass is 10.2. The Hall–Kier alpha value is -3.81. The number of para-hydroxylation sites is 1. The molecule has 0 aliphatic carbocycles. The Balaban J connectivity index is 1.34. The highest BCUT2D eigenvalue weighted by Gasteiger charge is 2.09. The lowest BCUT2D eigenvalue weighted by molar-refractivity contribution is -0.123. The molecule has 36 heavy (non-hydrogen) atoms. The van der Waals surface area contributed by atoms with Crippen LogP contribution in [0.5, 0.6) is 17.2 Å². The molecule has 0 atom stereocenters. The van der Waals surface area contributed by atoms with Gasteiger partial charge in [-0.05, 0) is 55.0 Å². The van der Waals surface area contributed by atoms with Crippen LogP contribution in [0.4, 0.5) is 0 Å². The molecule has 0 spiro atoms. The first-order valence-electron chi connectivity index (χ1n) is 11.2. The number of halogens is 2. The van der Waals surface area contributed by atoms with Gasteiger partial charge in [-0.3, -0.25) is 9.78 Å². The summed E-state index contributed by atoms with van der Waals surface area (Å²) in [4.78, 5) is 16.5. The minimum Gasteiger partial charge on any atom is -0.490 e. The van der Waals surface area contributed by atoms with Crippen LogP contribution in [0.15, 0.2) is 78.0 Å². The Morgan fingerprint density at radius 3 is 2.67 bits per heavy atom. The zero-order valence-electron chi connectivity index (χ0n) is 19.4. The van der Waals surface area contributed by atoms with Crippen LogP contribution in [0.2, 0.25) is 10.0 Å². The first-order chi connectivity index (χ1) is 17.5. The summed E-state index contributed by atoms with van der Waals surface area (Å²) in [6.07, 6.45) is 3.19. The number of ether oxygens (including phenoxy) is 3. The quantitative estimate of drug-likeness (QED) is 0.202. The summed E-state index contributed by atoms with van der Waals surface area (Å²) in [7, 11) is 0. The Morgan fingerprint density at radius 1 is 0.972 bits per heavy atom. The number of benzene rings is 3. The summed E-state index contributed by atoms with van der Waals surface area (Å²) in [6, 6.07) is 19.9. The molecule has 9 heteroatoms. The van der Waals surface area contributed by atoms with E-state index in [9.17, 15) is 4.79 Å². The van der Waals surface area contributed by atoms with Gasteiger partial charge in [0.15, 0.2) is 18.1 Å². The van der Waals surface area contributed by atoms with Crippen LogP contribution >= 0.6 is 23.2 Å². The van der Waals surface area contributed by atoms with E-state index in [1.807, 2.05) is 37.3 Å². The Kier molecular flexibility index (Phi) is 8.60. The highest BCUT2D eigenvalue weighted by molar-refractivity contribution is 6.35. The van der Waals surface area contributed by atoms with Gasteiger partial charge in [-0.25, -0.2) is 5.43 Å². The molecule has 4 rings (SSSR count). The lowest BCUT2D eigenvalue weighted by Gasteiger charge is -2.13. The number of carbonyl (C=O) groups is 1. The highest BCUT2D eigenvalue weighted by Crippen LogP contribution is 2.30. The second-order valence-corrected chi connectivity index (χ2v) is 8.42. The molecule has 0 unspecified atom stereocenters. The number of amides is 1. The van der Waals surface area contributed by atoms with Crippen molar-refractivity contribution in [2.45, 2.75) is 13.5 Å². The molecule has 0 aliphatic rings. The maximum Gasteiger partial charge on any atom is 0.277 e. The van der Waals surface area contributed by atoms with Crippen molar-refractivity contribution in [3.05, 3.63) is 94.1 Å². The highest BCUT2D eigenvalue weighted by atomic mass is 35.5. The number of hydrogen-bond acceptors (Lipinski definition) is 6.